The van der Waals surface area contributed by atoms with E-state index in [1.165, 1.54) is 11.3 Å². The number of anilines is 1. The zero-order chi connectivity index (χ0) is 19.9. The highest BCUT2D eigenvalue weighted by Gasteiger charge is 2.15. The highest BCUT2D eigenvalue weighted by Crippen LogP contribution is 2.26. The quantitative estimate of drug-likeness (QED) is 0.644. The molecule has 1 amide bonds. The topological polar surface area (TPSA) is 101 Å². The highest BCUT2D eigenvalue weighted by molar-refractivity contribution is 7.13. The van der Waals surface area contributed by atoms with E-state index in [1.807, 2.05) is 18.2 Å². The number of para-hydroxylation sites is 1. The fraction of sp³-hybridized carbons (Fsp3) is 0.100. The first kappa shape index (κ1) is 19.1. The van der Waals surface area contributed by atoms with Gasteiger partial charge in [-0.1, -0.05) is 12.1 Å². The summed E-state index contributed by atoms with van der Waals surface area (Å²) in [7, 11) is 1.58. The van der Waals surface area contributed by atoms with Crippen LogP contribution in [0.5, 0.6) is 5.75 Å². The van der Waals surface area contributed by atoms with Crippen LogP contribution in [0.1, 0.15) is 16.1 Å². The number of aromatic nitrogens is 1. The number of carbonyl (C=O) groups excluding carboxylic acids is 2. The monoisotopic (exact) mass is 393 g/mol. The molecule has 0 unspecified atom stereocenters. The first-order valence-electron chi connectivity index (χ1n) is 8.17. The lowest BCUT2D eigenvalue weighted by Gasteiger charge is -2.07. The van der Waals surface area contributed by atoms with Crippen molar-refractivity contribution < 1.29 is 19.1 Å². The molecule has 3 rings (SSSR count). The predicted molar refractivity (Wildman–Crippen MR) is 104 cm³/mol. The summed E-state index contributed by atoms with van der Waals surface area (Å²) in [4.78, 5) is 28.4. The number of rotatable bonds is 6. The van der Waals surface area contributed by atoms with Gasteiger partial charge in [0.2, 0.25) is 0 Å². The van der Waals surface area contributed by atoms with Crippen LogP contribution in [0, 0.1) is 11.3 Å². The zero-order valence-corrected chi connectivity index (χ0v) is 15.7. The van der Waals surface area contributed by atoms with Crippen molar-refractivity contribution in [3.63, 3.8) is 0 Å². The molecule has 1 aromatic heterocycles. The summed E-state index contributed by atoms with van der Waals surface area (Å²) in [5.74, 6) is -0.509. The Hall–Kier alpha value is -3.70. The summed E-state index contributed by atoms with van der Waals surface area (Å²) in [6.07, 6.45) is 0. The molecule has 0 fully saturated rings. The summed E-state index contributed by atoms with van der Waals surface area (Å²) < 4.78 is 10.1. The van der Waals surface area contributed by atoms with Crippen LogP contribution >= 0.6 is 11.3 Å². The van der Waals surface area contributed by atoms with Gasteiger partial charge in [-0.05, 0) is 36.4 Å². The van der Waals surface area contributed by atoms with Crippen molar-refractivity contribution in [1.82, 2.24) is 4.98 Å². The smallest absolute Gasteiger partial charge is 0.358 e. The van der Waals surface area contributed by atoms with E-state index in [1.54, 1.807) is 48.9 Å². The molecule has 7 nitrogen and oxygen atoms in total. The van der Waals surface area contributed by atoms with Gasteiger partial charge in [0.05, 0.1) is 18.4 Å². The number of hydrogen-bond acceptors (Lipinski definition) is 7. The van der Waals surface area contributed by atoms with Crippen molar-refractivity contribution in [2.45, 2.75) is 0 Å². The van der Waals surface area contributed by atoms with E-state index in [2.05, 4.69) is 10.3 Å². The molecule has 0 aliphatic heterocycles. The summed E-state index contributed by atoms with van der Waals surface area (Å²) >= 11 is 1.30. The summed E-state index contributed by atoms with van der Waals surface area (Å²) in [5.41, 5.74) is 1.66. The molecule has 3 aromatic rings. The van der Waals surface area contributed by atoms with Crippen LogP contribution in [0.2, 0.25) is 0 Å². The van der Waals surface area contributed by atoms with Crippen LogP contribution in [-0.2, 0) is 9.53 Å². The molecule has 28 heavy (non-hydrogen) atoms. The van der Waals surface area contributed by atoms with Gasteiger partial charge in [-0.15, -0.1) is 11.3 Å². The SMILES string of the molecule is COc1ccc(-c2nc(C(=O)OCC(=O)Nc3ccccc3C#N)cs2)cc1. The Balaban J connectivity index is 1.58. The van der Waals surface area contributed by atoms with Gasteiger partial charge in [-0.25, -0.2) is 9.78 Å². The van der Waals surface area contributed by atoms with E-state index >= 15 is 0 Å². The molecular weight excluding hydrogens is 378 g/mol. The first-order chi connectivity index (χ1) is 13.6. The molecular formula is C20H15N3O4S. The normalized spacial score (nSPS) is 10.0. The molecule has 0 bridgehead atoms. The van der Waals surface area contributed by atoms with Crippen LogP contribution in [0.4, 0.5) is 5.69 Å². The Labute approximate surface area is 165 Å². The maximum atomic E-state index is 12.1. The molecule has 1 N–H and O–H groups in total. The molecule has 0 radical (unpaired) electrons. The van der Waals surface area contributed by atoms with Gasteiger partial charge in [0.25, 0.3) is 5.91 Å². The molecule has 0 aliphatic rings. The Morgan fingerprint density at radius 1 is 1.18 bits per heavy atom. The number of nitriles is 1. The molecule has 0 spiro atoms. The zero-order valence-electron chi connectivity index (χ0n) is 14.8. The third-order valence-electron chi connectivity index (χ3n) is 3.71. The Morgan fingerprint density at radius 2 is 1.93 bits per heavy atom. The molecule has 0 saturated carbocycles. The minimum atomic E-state index is -0.695. The van der Waals surface area contributed by atoms with Crippen molar-refractivity contribution >= 4 is 28.9 Å². The van der Waals surface area contributed by atoms with E-state index in [-0.39, 0.29) is 5.69 Å². The van der Waals surface area contributed by atoms with Crippen LogP contribution < -0.4 is 10.1 Å². The second-order valence-corrected chi connectivity index (χ2v) is 6.41. The van der Waals surface area contributed by atoms with Gasteiger partial charge in [-0.2, -0.15) is 5.26 Å². The number of thiazole rings is 1. The number of esters is 1. The highest BCUT2D eigenvalue weighted by atomic mass is 32.1. The number of nitrogens with zero attached hydrogens (tertiary/aromatic N) is 2. The van der Waals surface area contributed by atoms with Gasteiger partial charge in [-0.3, -0.25) is 4.79 Å². The molecule has 0 aliphatic carbocycles. The molecule has 2 aromatic carbocycles. The van der Waals surface area contributed by atoms with Crippen LogP contribution in [0.15, 0.2) is 53.9 Å². The third kappa shape index (κ3) is 4.52. The van der Waals surface area contributed by atoms with Gasteiger partial charge in [0.15, 0.2) is 12.3 Å². The van der Waals surface area contributed by atoms with Crippen molar-refractivity contribution in [1.29, 1.82) is 5.26 Å². The Bertz CT molecular complexity index is 1040. The fourth-order valence-corrected chi connectivity index (χ4v) is 3.11. The summed E-state index contributed by atoms with van der Waals surface area (Å²) in [5, 5.41) is 13.8. The van der Waals surface area contributed by atoms with Crippen LogP contribution in [-0.4, -0.2) is 30.6 Å². The van der Waals surface area contributed by atoms with E-state index in [0.717, 1.165) is 11.3 Å². The lowest BCUT2D eigenvalue weighted by atomic mass is 10.2. The number of methoxy groups -OCH3 is 1. The van der Waals surface area contributed by atoms with Gasteiger partial charge in [0.1, 0.15) is 16.8 Å². The molecule has 140 valence electrons. The maximum absolute atomic E-state index is 12.1. The van der Waals surface area contributed by atoms with Crippen molar-refractivity contribution in [2.24, 2.45) is 0 Å². The lowest BCUT2D eigenvalue weighted by Crippen LogP contribution is -2.21. The van der Waals surface area contributed by atoms with Crippen molar-refractivity contribution in [2.75, 3.05) is 19.0 Å². The number of ether oxygens (including phenoxy) is 2. The number of benzene rings is 2. The third-order valence-corrected chi connectivity index (χ3v) is 4.60. The number of nitrogens with one attached hydrogen (secondary N) is 1. The van der Waals surface area contributed by atoms with Gasteiger partial charge in [0, 0.05) is 10.9 Å². The van der Waals surface area contributed by atoms with Crippen LogP contribution in [0.25, 0.3) is 10.6 Å². The predicted octanol–water partition coefficient (Wildman–Crippen LogP) is 3.49. The van der Waals surface area contributed by atoms with Crippen molar-refractivity contribution in [3.8, 4) is 22.4 Å². The van der Waals surface area contributed by atoms with E-state index in [9.17, 15) is 9.59 Å². The summed E-state index contributed by atoms with van der Waals surface area (Å²) in [6, 6.07) is 15.8. The minimum Gasteiger partial charge on any atom is -0.497 e. The summed E-state index contributed by atoms with van der Waals surface area (Å²) in [6.45, 7) is -0.478. The van der Waals surface area contributed by atoms with E-state index < -0.39 is 18.5 Å². The Morgan fingerprint density at radius 3 is 2.64 bits per heavy atom. The lowest BCUT2D eigenvalue weighted by molar-refractivity contribution is -0.119. The number of amides is 1. The molecule has 8 heteroatoms. The van der Waals surface area contributed by atoms with Crippen LogP contribution in [0.3, 0.4) is 0 Å². The average molecular weight is 393 g/mol. The maximum Gasteiger partial charge on any atom is 0.358 e. The van der Waals surface area contributed by atoms with Gasteiger partial charge < -0.3 is 14.8 Å². The first-order valence-corrected chi connectivity index (χ1v) is 9.04. The van der Waals surface area contributed by atoms with E-state index in [0.29, 0.717) is 16.3 Å². The molecule has 1 heterocycles. The molecule has 0 atom stereocenters. The Kier molecular flexibility index (Phi) is 5.99. The largest absolute Gasteiger partial charge is 0.497 e. The minimum absolute atomic E-state index is 0.126. The molecule has 0 saturated heterocycles. The second kappa shape index (κ2) is 8.79. The standard InChI is InChI=1S/C20H15N3O4S/c1-26-15-8-6-13(7-9-15)19-23-17(12-28-19)20(25)27-11-18(24)22-16-5-3-2-4-14(16)10-21/h2-9,12H,11H2,1H3,(H,22,24). The number of carbonyl (C=O) groups is 2. The second-order valence-electron chi connectivity index (χ2n) is 5.55. The average Bonchev–Trinajstić information content (AvgIpc) is 3.23. The fourth-order valence-electron chi connectivity index (χ4n) is 2.31. The van der Waals surface area contributed by atoms with Gasteiger partial charge >= 0.3 is 5.97 Å². The number of hydrogen-bond donors (Lipinski definition) is 1. The van der Waals surface area contributed by atoms with E-state index in [4.69, 9.17) is 14.7 Å². The van der Waals surface area contributed by atoms with Crippen molar-refractivity contribution in [3.05, 3.63) is 65.2 Å².